The highest BCUT2D eigenvalue weighted by Crippen LogP contribution is 2.36. The molecule has 164 valence electrons. The van der Waals surface area contributed by atoms with Gasteiger partial charge in [0.25, 0.3) is 5.91 Å². The van der Waals surface area contributed by atoms with Gasteiger partial charge < -0.3 is 20.3 Å². The highest BCUT2D eigenvalue weighted by molar-refractivity contribution is 5.95. The van der Waals surface area contributed by atoms with Gasteiger partial charge in [0.05, 0.1) is 13.5 Å². The third-order valence-corrected chi connectivity index (χ3v) is 5.49. The van der Waals surface area contributed by atoms with Gasteiger partial charge in [-0.1, -0.05) is 30.3 Å². The van der Waals surface area contributed by atoms with Crippen LogP contribution >= 0.6 is 0 Å². The summed E-state index contributed by atoms with van der Waals surface area (Å²) in [5.41, 5.74) is 2.16. The van der Waals surface area contributed by atoms with Crippen molar-refractivity contribution in [2.45, 2.75) is 38.8 Å². The van der Waals surface area contributed by atoms with E-state index < -0.39 is 0 Å². The largest absolute Gasteiger partial charge is 0.469 e. The van der Waals surface area contributed by atoms with Gasteiger partial charge in [0.1, 0.15) is 0 Å². The lowest BCUT2D eigenvalue weighted by Crippen LogP contribution is -2.42. The van der Waals surface area contributed by atoms with E-state index in [-0.39, 0.29) is 36.9 Å². The van der Waals surface area contributed by atoms with Crippen LogP contribution in [0.1, 0.15) is 42.1 Å². The number of carbonyl (C=O) groups is 3. The number of rotatable bonds is 9. The summed E-state index contributed by atoms with van der Waals surface area (Å²) in [4.78, 5) is 38.2. The van der Waals surface area contributed by atoms with E-state index in [1.165, 1.54) is 7.11 Å². The number of urea groups is 1. The Balaban J connectivity index is 1.59. The van der Waals surface area contributed by atoms with Crippen molar-refractivity contribution in [2.75, 3.05) is 19.0 Å². The molecule has 0 spiro atoms. The molecule has 3 amide bonds. The smallest absolute Gasteiger partial charge is 0.322 e. The summed E-state index contributed by atoms with van der Waals surface area (Å²) in [5, 5.41) is 5.62. The van der Waals surface area contributed by atoms with Crippen molar-refractivity contribution in [1.29, 1.82) is 0 Å². The number of nitrogens with one attached hydrogen (secondary N) is 2. The van der Waals surface area contributed by atoms with E-state index in [0.29, 0.717) is 23.7 Å². The molecule has 1 fully saturated rings. The molecular weight excluding hydrogens is 394 g/mol. The number of esters is 1. The molecule has 2 aromatic rings. The van der Waals surface area contributed by atoms with Gasteiger partial charge in [0, 0.05) is 30.4 Å². The quantitative estimate of drug-likeness (QED) is 0.601. The molecule has 1 saturated carbocycles. The number of anilines is 1. The number of benzene rings is 2. The molecule has 0 aliphatic heterocycles. The normalized spacial score (nSPS) is 13.7. The minimum absolute atomic E-state index is 0.118. The standard InChI is InChI=1S/C24H29N3O4/c1-17(19-8-9-19)27(16-18-6-4-3-5-7-18)24(30)26-21-12-10-20(11-13-21)23(29)25-15-14-22(28)31-2/h3-7,10-13,17,19H,8-9,14-16H2,1-2H3,(H,25,29)(H,26,30). The molecule has 0 bridgehead atoms. The molecule has 2 aromatic carbocycles. The second-order valence-corrected chi connectivity index (χ2v) is 7.78. The predicted molar refractivity (Wildman–Crippen MR) is 119 cm³/mol. The van der Waals surface area contributed by atoms with Crippen LogP contribution in [0, 0.1) is 5.92 Å². The predicted octanol–water partition coefficient (Wildman–Crippen LogP) is 3.81. The Morgan fingerprint density at radius 1 is 1.06 bits per heavy atom. The number of hydrogen-bond donors (Lipinski definition) is 2. The maximum atomic E-state index is 13.0. The zero-order valence-corrected chi connectivity index (χ0v) is 18.0. The topological polar surface area (TPSA) is 87.7 Å². The lowest BCUT2D eigenvalue weighted by atomic mass is 10.1. The third kappa shape index (κ3) is 6.57. The first-order valence-electron chi connectivity index (χ1n) is 10.5. The molecule has 0 aromatic heterocycles. The van der Waals surface area contributed by atoms with E-state index in [1.807, 2.05) is 35.2 Å². The zero-order chi connectivity index (χ0) is 22.2. The van der Waals surface area contributed by atoms with Gasteiger partial charge in [0.2, 0.25) is 0 Å². The SMILES string of the molecule is COC(=O)CCNC(=O)c1ccc(NC(=O)N(Cc2ccccc2)C(C)C2CC2)cc1. The Kier molecular flexibility index (Phi) is 7.65. The average molecular weight is 424 g/mol. The van der Waals surface area contributed by atoms with E-state index in [9.17, 15) is 14.4 Å². The van der Waals surface area contributed by atoms with Crippen LogP contribution in [0.5, 0.6) is 0 Å². The molecule has 7 heteroatoms. The molecule has 0 heterocycles. The van der Waals surface area contributed by atoms with Gasteiger partial charge in [-0.15, -0.1) is 0 Å². The number of ether oxygens (including phenoxy) is 1. The summed E-state index contributed by atoms with van der Waals surface area (Å²) in [6.45, 7) is 2.85. The Morgan fingerprint density at radius 2 is 1.74 bits per heavy atom. The number of hydrogen-bond acceptors (Lipinski definition) is 4. The molecule has 2 N–H and O–H groups in total. The fourth-order valence-corrected chi connectivity index (χ4v) is 3.40. The van der Waals surface area contributed by atoms with E-state index >= 15 is 0 Å². The van der Waals surface area contributed by atoms with Gasteiger partial charge in [0.15, 0.2) is 0 Å². The van der Waals surface area contributed by atoms with Gasteiger partial charge in [-0.25, -0.2) is 4.79 Å². The Bertz CT molecular complexity index is 895. The molecule has 1 aliphatic carbocycles. The summed E-state index contributed by atoms with van der Waals surface area (Å²) in [6.07, 6.45) is 2.42. The Labute approximate surface area is 182 Å². The fraction of sp³-hybridized carbons (Fsp3) is 0.375. The summed E-state index contributed by atoms with van der Waals surface area (Å²) in [7, 11) is 1.31. The molecular formula is C24H29N3O4. The zero-order valence-electron chi connectivity index (χ0n) is 18.0. The maximum absolute atomic E-state index is 13.0. The number of amides is 3. The van der Waals surface area contributed by atoms with Crippen LogP contribution in [0.15, 0.2) is 54.6 Å². The molecule has 0 radical (unpaired) electrons. The molecule has 31 heavy (non-hydrogen) atoms. The van der Waals surface area contributed by atoms with Crippen LogP contribution in [0.3, 0.4) is 0 Å². The second kappa shape index (κ2) is 10.6. The van der Waals surface area contributed by atoms with Crippen LogP contribution in [0.25, 0.3) is 0 Å². The van der Waals surface area contributed by atoms with Crippen molar-refractivity contribution in [1.82, 2.24) is 10.2 Å². The monoisotopic (exact) mass is 423 g/mol. The van der Waals surface area contributed by atoms with Crippen molar-refractivity contribution in [3.63, 3.8) is 0 Å². The molecule has 0 saturated heterocycles. The number of methoxy groups -OCH3 is 1. The van der Waals surface area contributed by atoms with Gasteiger partial charge in [-0.2, -0.15) is 0 Å². The van der Waals surface area contributed by atoms with Crippen molar-refractivity contribution in [3.05, 3.63) is 65.7 Å². The van der Waals surface area contributed by atoms with Crippen LogP contribution < -0.4 is 10.6 Å². The first-order chi connectivity index (χ1) is 15.0. The van der Waals surface area contributed by atoms with Crippen molar-refractivity contribution in [3.8, 4) is 0 Å². The number of carbonyl (C=O) groups excluding carboxylic acids is 3. The van der Waals surface area contributed by atoms with Gasteiger partial charge in [-0.05, 0) is 55.5 Å². The molecule has 7 nitrogen and oxygen atoms in total. The molecule has 3 rings (SSSR count). The Hall–Kier alpha value is -3.35. The minimum Gasteiger partial charge on any atom is -0.469 e. The highest BCUT2D eigenvalue weighted by Gasteiger charge is 2.34. The Morgan fingerprint density at radius 3 is 2.35 bits per heavy atom. The van der Waals surface area contributed by atoms with Crippen molar-refractivity contribution >= 4 is 23.6 Å². The van der Waals surface area contributed by atoms with E-state index in [2.05, 4.69) is 22.3 Å². The van der Waals surface area contributed by atoms with Gasteiger partial charge in [-0.3, -0.25) is 9.59 Å². The first kappa shape index (κ1) is 22.3. The average Bonchev–Trinajstić information content (AvgIpc) is 3.63. The van der Waals surface area contributed by atoms with Crippen molar-refractivity contribution in [2.24, 2.45) is 5.92 Å². The van der Waals surface area contributed by atoms with Crippen LogP contribution in [0.2, 0.25) is 0 Å². The lowest BCUT2D eigenvalue weighted by molar-refractivity contribution is -0.140. The molecule has 1 atom stereocenters. The fourth-order valence-electron chi connectivity index (χ4n) is 3.40. The van der Waals surface area contributed by atoms with Crippen molar-refractivity contribution < 1.29 is 19.1 Å². The summed E-state index contributed by atoms with van der Waals surface area (Å²) >= 11 is 0. The summed E-state index contributed by atoms with van der Waals surface area (Å²) < 4.78 is 4.55. The molecule has 1 aliphatic rings. The second-order valence-electron chi connectivity index (χ2n) is 7.78. The van der Waals surface area contributed by atoms with Crippen LogP contribution in [-0.2, 0) is 16.1 Å². The van der Waals surface area contributed by atoms with Gasteiger partial charge >= 0.3 is 12.0 Å². The van der Waals surface area contributed by atoms with E-state index in [1.54, 1.807) is 24.3 Å². The third-order valence-electron chi connectivity index (χ3n) is 5.49. The van der Waals surface area contributed by atoms with E-state index in [4.69, 9.17) is 0 Å². The molecule has 1 unspecified atom stereocenters. The maximum Gasteiger partial charge on any atom is 0.322 e. The minimum atomic E-state index is -0.376. The van der Waals surface area contributed by atoms with E-state index in [0.717, 1.165) is 18.4 Å². The number of nitrogens with zero attached hydrogens (tertiary/aromatic N) is 1. The van der Waals surface area contributed by atoms with Crippen LogP contribution in [0.4, 0.5) is 10.5 Å². The highest BCUT2D eigenvalue weighted by atomic mass is 16.5. The summed E-state index contributed by atoms with van der Waals surface area (Å²) in [6, 6.07) is 16.7. The summed E-state index contributed by atoms with van der Waals surface area (Å²) in [5.74, 6) is -0.112. The first-order valence-corrected chi connectivity index (χ1v) is 10.5. The lowest BCUT2D eigenvalue weighted by Gasteiger charge is -2.29. The van der Waals surface area contributed by atoms with Crippen LogP contribution in [-0.4, -0.2) is 42.5 Å².